The van der Waals surface area contributed by atoms with E-state index in [1.165, 1.54) is 6.42 Å². The molecule has 0 spiro atoms. The zero-order chi connectivity index (χ0) is 9.69. The summed E-state index contributed by atoms with van der Waals surface area (Å²) in [5, 5.41) is 10.3. The van der Waals surface area contributed by atoms with Crippen LogP contribution in [0.3, 0.4) is 0 Å². The number of hydrogen-bond donors (Lipinski definition) is 1. The van der Waals surface area contributed by atoms with Gasteiger partial charge < -0.3 is 9.84 Å². The van der Waals surface area contributed by atoms with Crippen molar-refractivity contribution in [2.75, 3.05) is 6.61 Å². The van der Waals surface area contributed by atoms with Crippen molar-refractivity contribution in [2.45, 2.75) is 45.8 Å². The highest BCUT2D eigenvalue weighted by Crippen LogP contribution is 2.52. The summed E-state index contributed by atoms with van der Waals surface area (Å²) < 4.78 is 5.59. The Balaban J connectivity index is 2.21. The molecule has 2 fully saturated rings. The van der Waals surface area contributed by atoms with Crippen molar-refractivity contribution in [1.29, 1.82) is 0 Å². The number of hydrogen-bond acceptors (Lipinski definition) is 2. The summed E-state index contributed by atoms with van der Waals surface area (Å²) >= 11 is 0. The van der Waals surface area contributed by atoms with Crippen molar-refractivity contribution in [1.82, 2.24) is 0 Å². The summed E-state index contributed by atoms with van der Waals surface area (Å²) in [5.41, 5.74) is 0.162. The van der Waals surface area contributed by atoms with Crippen LogP contribution in [0.25, 0.3) is 0 Å². The van der Waals surface area contributed by atoms with Crippen LogP contribution in [0.15, 0.2) is 0 Å². The van der Waals surface area contributed by atoms with Crippen LogP contribution in [-0.4, -0.2) is 17.5 Å². The molecule has 0 aromatic carbocycles. The average molecular weight is 184 g/mol. The molecule has 1 aliphatic heterocycles. The Kier molecular flexibility index (Phi) is 1.97. The van der Waals surface area contributed by atoms with Gasteiger partial charge in [0.15, 0.2) is 5.79 Å². The molecule has 1 saturated carbocycles. The highest BCUT2D eigenvalue weighted by Gasteiger charge is 2.54. The lowest BCUT2D eigenvalue weighted by Gasteiger charge is -2.40. The van der Waals surface area contributed by atoms with Gasteiger partial charge in [0.05, 0.1) is 6.61 Å². The first kappa shape index (κ1) is 9.47. The topological polar surface area (TPSA) is 29.5 Å². The highest BCUT2D eigenvalue weighted by atomic mass is 16.6. The first-order valence-corrected chi connectivity index (χ1v) is 5.30. The fraction of sp³-hybridized carbons (Fsp3) is 1.00. The Morgan fingerprint density at radius 2 is 2.00 bits per heavy atom. The van der Waals surface area contributed by atoms with Crippen molar-refractivity contribution >= 4 is 0 Å². The van der Waals surface area contributed by atoms with Gasteiger partial charge in [-0.15, -0.1) is 0 Å². The fourth-order valence-corrected chi connectivity index (χ4v) is 2.99. The van der Waals surface area contributed by atoms with Crippen molar-refractivity contribution in [2.24, 2.45) is 17.3 Å². The van der Waals surface area contributed by atoms with Crippen LogP contribution < -0.4 is 0 Å². The third kappa shape index (κ3) is 1.40. The molecule has 13 heavy (non-hydrogen) atoms. The second kappa shape index (κ2) is 2.71. The van der Waals surface area contributed by atoms with Gasteiger partial charge >= 0.3 is 0 Å². The molecular weight excluding hydrogens is 164 g/mol. The minimum absolute atomic E-state index is 0.162. The van der Waals surface area contributed by atoms with Crippen LogP contribution in [0.1, 0.15) is 40.0 Å². The molecule has 0 radical (unpaired) electrons. The van der Waals surface area contributed by atoms with Gasteiger partial charge in [0.2, 0.25) is 0 Å². The van der Waals surface area contributed by atoms with Crippen LogP contribution in [0, 0.1) is 17.3 Å². The molecule has 1 heterocycles. The Morgan fingerprint density at radius 1 is 1.31 bits per heavy atom. The van der Waals surface area contributed by atoms with E-state index in [0.717, 1.165) is 12.8 Å². The normalized spacial score (nSPS) is 48.9. The number of ether oxygens (including phenoxy) is 1. The quantitative estimate of drug-likeness (QED) is 0.625. The summed E-state index contributed by atoms with van der Waals surface area (Å²) in [7, 11) is 0. The molecule has 76 valence electrons. The molecule has 2 aliphatic rings. The summed E-state index contributed by atoms with van der Waals surface area (Å²) in [6, 6.07) is 0. The zero-order valence-electron chi connectivity index (χ0n) is 8.84. The van der Waals surface area contributed by atoms with Crippen LogP contribution >= 0.6 is 0 Å². The highest BCUT2D eigenvalue weighted by molar-refractivity contribution is 4.98. The maximum Gasteiger partial charge on any atom is 0.169 e. The molecule has 2 nitrogen and oxygen atoms in total. The van der Waals surface area contributed by atoms with E-state index in [-0.39, 0.29) is 5.41 Å². The lowest BCUT2D eigenvalue weighted by Crippen LogP contribution is -2.43. The van der Waals surface area contributed by atoms with Crippen molar-refractivity contribution < 1.29 is 9.84 Å². The van der Waals surface area contributed by atoms with E-state index in [1.54, 1.807) is 0 Å². The SMILES string of the molecule is CC1CCC2C(C)(C)COC2(O)C1. The number of fused-ring (bicyclic) bond motifs is 1. The monoisotopic (exact) mass is 184 g/mol. The molecule has 2 heteroatoms. The van der Waals surface area contributed by atoms with Crippen LogP contribution in [0.5, 0.6) is 0 Å². The second-order valence-electron chi connectivity index (χ2n) is 5.56. The molecular formula is C11H20O2. The molecule has 1 N–H and O–H groups in total. The smallest absolute Gasteiger partial charge is 0.169 e. The minimum Gasteiger partial charge on any atom is -0.365 e. The number of aliphatic hydroxyl groups is 1. The van der Waals surface area contributed by atoms with Crippen molar-refractivity contribution in [3.05, 3.63) is 0 Å². The predicted octanol–water partition coefficient (Wildman–Crippen LogP) is 2.17. The van der Waals surface area contributed by atoms with Crippen LogP contribution in [0.2, 0.25) is 0 Å². The van der Waals surface area contributed by atoms with Crippen molar-refractivity contribution in [3.63, 3.8) is 0 Å². The van der Waals surface area contributed by atoms with E-state index < -0.39 is 5.79 Å². The first-order chi connectivity index (χ1) is 5.94. The molecule has 2 rings (SSSR count). The number of rotatable bonds is 0. The molecule has 3 unspecified atom stereocenters. The standard InChI is InChI=1S/C11H20O2/c1-8-4-5-9-10(2,3)7-13-11(9,12)6-8/h8-9,12H,4-7H2,1-3H3. The second-order valence-corrected chi connectivity index (χ2v) is 5.56. The largest absolute Gasteiger partial charge is 0.365 e. The van der Waals surface area contributed by atoms with E-state index in [0.29, 0.717) is 18.4 Å². The van der Waals surface area contributed by atoms with E-state index >= 15 is 0 Å². The van der Waals surface area contributed by atoms with Gasteiger partial charge in [-0.1, -0.05) is 27.2 Å². The lowest BCUT2D eigenvalue weighted by atomic mass is 9.68. The predicted molar refractivity (Wildman–Crippen MR) is 51.2 cm³/mol. The third-order valence-corrected chi connectivity index (χ3v) is 3.77. The maximum absolute atomic E-state index is 10.3. The minimum atomic E-state index is -0.804. The average Bonchev–Trinajstić information content (AvgIpc) is 2.22. The maximum atomic E-state index is 10.3. The Labute approximate surface area is 80.3 Å². The van der Waals surface area contributed by atoms with Gasteiger partial charge in [-0.05, 0) is 17.8 Å². The molecule has 1 aliphatic carbocycles. The van der Waals surface area contributed by atoms with Gasteiger partial charge in [0, 0.05) is 12.3 Å². The Morgan fingerprint density at radius 3 is 2.69 bits per heavy atom. The van der Waals surface area contributed by atoms with E-state index in [9.17, 15) is 5.11 Å². The molecule has 0 aromatic heterocycles. The molecule has 0 bridgehead atoms. The fourth-order valence-electron chi connectivity index (χ4n) is 2.99. The summed E-state index contributed by atoms with van der Waals surface area (Å²) in [4.78, 5) is 0. The molecule has 0 amide bonds. The molecule has 1 saturated heterocycles. The van der Waals surface area contributed by atoms with E-state index in [2.05, 4.69) is 20.8 Å². The lowest BCUT2D eigenvalue weighted by molar-refractivity contribution is -0.218. The van der Waals surface area contributed by atoms with Gasteiger partial charge in [0.1, 0.15) is 0 Å². The van der Waals surface area contributed by atoms with E-state index in [1.807, 2.05) is 0 Å². The summed E-state index contributed by atoms with van der Waals surface area (Å²) in [6.07, 6.45) is 3.17. The zero-order valence-corrected chi connectivity index (χ0v) is 8.84. The molecule has 0 aromatic rings. The summed E-state index contributed by atoms with van der Waals surface area (Å²) in [6.45, 7) is 7.31. The Hall–Kier alpha value is -0.0800. The molecule has 3 atom stereocenters. The van der Waals surface area contributed by atoms with Gasteiger partial charge in [0.25, 0.3) is 0 Å². The Bertz CT molecular complexity index is 212. The third-order valence-electron chi connectivity index (χ3n) is 3.77. The van der Waals surface area contributed by atoms with Crippen LogP contribution in [-0.2, 0) is 4.74 Å². The van der Waals surface area contributed by atoms with Crippen LogP contribution in [0.4, 0.5) is 0 Å². The van der Waals surface area contributed by atoms with E-state index in [4.69, 9.17) is 4.74 Å². The van der Waals surface area contributed by atoms with Gasteiger partial charge in [-0.25, -0.2) is 0 Å². The first-order valence-electron chi connectivity index (χ1n) is 5.30. The summed E-state index contributed by atoms with van der Waals surface area (Å²) in [5.74, 6) is 0.146. The van der Waals surface area contributed by atoms with Gasteiger partial charge in [-0.3, -0.25) is 0 Å². The van der Waals surface area contributed by atoms with Gasteiger partial charge in [-0.2, -0.15) is 0 Å². The van der Waals surface area contributed by atoms with Crippen molar-refractivity contribution in [3.8, 4) is 0 Å².